The van der Waals surface area contributed by atoms with Gasteiger partial charge in [0.2, 0.25) is 5.91 Å². The lowest BCUT2D eigenvalue weighted by atomic mass is 9.92. The number of carbonyl (C=O) groups is 2. The van der Waals surface area contributed by atoms with Crippen molar-refractivity contribution in [3.05, 3.63) is 41.4 Å². The molecular weight excluding hydrogens is 475 g/mol. The molecule has 1 saturated carbocycles. The Morgan fingerprint density at radius 1 is 1.03 bits per heavy atom. The minimum absolute atomic E-state index is 0.0664. The predicted molar refractivity (Wildman–Crippen MR) is 120 cm³/mol. The van der Waals surface area contributed by atoms with Gasteiger partial charge in [-0.05, 0) is 47.9 Å². The van der Waals surface area contributed by atoms with Gasteiger partial charge in [-0.25, -0.2) is 5.01 Å². The molecule has 0 radical (unpaired) electrons. The van der Waals surface area contributed by atoms with Crippen molar-refractivity contribution in [3.8, 4) is 0 Å². The summed E-state index contributed by atoms with van der Waals surface area (Å²) in [4.78, 5) is 24.8. The molecule has 1 saturated heterocycles. The number of hydrogen-bond acceptors (Lipinski definition) is 5. The van der Waals surface area contributed by atoms with Crippen molar-refractivity contribution in [1.29, 1.82) is 0 Å². The van der Waals surface area contributed by atoms with Crippen LogP contribution >= 0.6 is 11.6 Å². The summed E-state index contributed by atoms with van der Waals surface area (Å²) in [6.45, 7) is 0.771. The van der Waals surface area contributed by atoms with Gasteiger partial charge in [0.15, 0.2) is 0 Å². The number of nitrogens with zero attached hydrogens (tertiary/aromatic N) is 1. The van der Waals surface area contributed by atoms with Gasteiger partial charge in [0.05, 0.1) is 12.2 Å². The molecule has 1 aliphatic carbocycles. The van der Waals surface area contributed by atoms with Gasteiger partial charge in [-0.2, -0.15) is 0 Å². The number of hydrogen-bond donors (Lipinski definition) is 2. The van der Waals surface area contributed by atoms with Crippen molar-refractivity contribution >= 4 is 39.9 Å². The molecule has 2 N–H and O–H groups in total. The molecule has 2 fully saturated rings. The number of ether oxygens (including phenoxy) is 2. The van der Waals surface area contributed by atoms with E-state index < -0.39 is 18.6 Å². The number of hydrazine groups is 1. The van der Waals surface area contributed by atoms with Gasteiger partial charge in [-0.15, -0.1) is 13.2 Å². The quantitative estimate of drug-likeness (QED) is 0.595. The van der Waals surface area contributed by atoms with Crippen molar-refractivity contribution in [2.24, 2.45) is 5.92 Å². The maximum Gasteiger partial charge on any atom is 0.522 e. The molecule has 7 nitrogen and oxygen atoms in total. The normalized spacial score (nSPS) is 21.8. The number of alkyl halides is 3. The number of nitrogens with one attached hydrogen (secondary N) is 2. The molecule has 2 amide bonds. The summed E-state index contributed by atoms with van der Waals surface area (Å²) in [5, 5.41) is 7.31. The fourth-order valence-corrected chi connectivity index (χ4v) is 4.31. The van der Waals surface area contributed by atoms with Crippen LogP contribution < -0.4 is 10.7 Å². The van der Waals surface area contributed by atoms with Crippen LogP contribution in [0.5, 0.6) is 0 Å². The Kier molecular flexibility index (Phi) is 7.61. The number of anilines is 1. The van der Waals surface area contributed by atoms with E-state index in [1.807, 2.05) is 30.3 Å². The van der Waals surface area contributed by atoms with E-state index in [9.17, 15) is 22.8 Å². The average Bonchev–Trinajstić information content (AvgIpc) is 2.75. The standard InChI is InChI=1S/C23H25ClF3N3O4/c24-17-3-1-16-10-18(4-2-15(16)9-17)28-22(32)14-5-7-30(8-6-14)29-21(31)13-33-19-11-20(12-19)34-23(25,26)27/h1-4,9-10,14,19-20H,5-8,11-13H2,(H,28,32)(H,29,31). The Morgan fingerprint density at radius 3 is 2.41 bits per heavy atom. The van der Waals surface area contributed by atoms with Crippen molar-refractivity contribution in [2.75, 3.05) is 25.0 Å². The lowest BCUT2D eigenvalue weighted by Crippen LogP contribution is -2.50. The summed E-state index contributed by atoms with van der Waals surface area (Å²) < 4.78 is 45.6. The van der Waals surface area contributed by atoms with E-state index in [1.54, 1.807) is 11.1 Å². The number of rotatable bonds is 7. The number of carbonyl (C=O) groups excluding carboxylic acids is 2. The topological polar surface area (TPSA) is 79.9 Å². The lowest BCUT2D eigenvalue weighted by molar-refractivity contribution is -0.357. The first-order valence-corrected chi connectivity index (χ1v) is 11.4. The second kappa shape index (κ2) is 10.5. The molecule has 2 aromatic rings. The molecule has 4 rings (SSSR count). The second-order valence-electron chi connectivity index (χ2n) is 8.58. The number of halogens is 4. The third-order valence-electron chi connectivity index (χ3n) is 6.02. The Labute approximate surface area is 199 Å². The molecule has 0 atom stereocenters. The van der Waals surface area contributed by atoms with Crippen molar-refractivity contribution < 1.29 is 32.2 Å². The summed E-state index contributed by atoms with van der Waals surface area (Å²) >= 11 is 6.01. The van der Waals surface area contributed by atoms with Gasteiger partial charge >= 0.3 is 6.36 Å². The summed E-state index contributed by atoms with van der Waals surface area (Å²) in [6, 6.07) is 11.2. The first kappa shape index (κ1) is 24.7. The number of piperidine rings is 1. The van der Waals surface area contributed by atoms with Crippen molar-refractivity contribution in [1.82, 2.24) is 10.4 Å². The van der Waals surface area contributed by atoms with Crippen LogP contribution in [0.2, 0.25) is 5.02 Å². The maximum absolute atomic E-state index is 12.7. The van der Waals surface area contributed by atoms with Gasteiger partial charge in [0, 0.05) is 42.6 Å². The van der Waals surface area contributed by atoms with Crippen LogP contribution in [-0.2, 0) is 19.1 Å². The van der Waals surface area contributed by atoms with Gasteiger partial charge in [-0.1, -0.05) is 23.7 Å². The molecule has 11 heteroatoms. The average molecular weight is 500 g/mol. The van der Waals surface area contributed by atoms with Gasteiger partial charge in [-0.3, -0.25) is 19.8 Å². The molecule has 0 bridgehead atoms. The number of benzene rings is 2. The highest BCUT2D eigenvalue weighted by Gasteiger charge is 2.40. The predicted octanol–water partition coefficient (Wildman–Crippen LogP) is 4.26. The Balaban J connectivity index is 1.15. The van der Waals surface area contributed by atoms with E-state index in [2.05, 4.69) is 15.5 Å². The zero-order chi connectivity index (χ0) is 24.3. The summed E-state index contributed by atoms with van der Waals surface area (Å²) in [5.41, 5.74) is 3.44. The Hall–Kier alpha value is -2.40. The largest absolute Gasteiger partial charge is 0.522 e. The number of fused-ring (bicyclic) bond motifs is 1. The van der Waals surface area contributed by atoms with E-state index in [-0.39, 0.29) is 37.2 Å². The highest BCUT2D eigenvalue weighted by atomic mass is 35.5. The first-order valence-electron chi connectivity index (χ1n) is 11.1. The smallest absolute Gasteiger partial charge is 0.368 e. The van der Waals surface area contributed by atoms with E-state index >= 15 is 0 Å². The van der Waals surface area contributed by atoms with E-state index in [4.69, 9.17) is 16.3 Å². The van der Waals surface area contributed by atoms with Crippen molar-refractivity contribution in [2.45, 2.75) is 44.3 Å². The number of amides is 2. The van der Waals surface area contributed by atoms with E-state index in [0.29, 0.717) is 36.6 Å². The highest BCUT2D eigenvalue weighted by Crippen LogP contribution is 2.32. The zero-order valence-corrected chi connectivity index (χ0v) is 19.0. The SMILES string of the molecule is O=C(COC1CC(OC(F)(F)F)C1)NN1CCC(C(=O)Nc2ccc3cc(Cl)ccc3c2)CC1. The third-order valence-corrected chi connectivity index (χ3v) is 6.26. The fourth-order valence-electron chi connectivity index (χ4n) is 4.13. The summed E-state index contributed by atoms with van der Waals surface area (Å²) in [7, 11) is 0. The molecule has 0 unspecified atom stereocenters. The Morgan fingerprint density at radius 2 is 1.71 bits per heavy atom. The minimum atomic E-state index is -4.65. The lowest BCUT2D eigenvalue weighted by Gasteiger charge is -2.35. The van der Waals surface area contributed by atoms with Gasteiger partial charge in [0.1, 0.15) is 6.61 Å². The minimum Gasteiger partial charge on any atom is -0.368 e. The summed E-state index contributed by atoms with van der Waals surface area (Å²) in [6.07, 6.45) is -4.60. The van der Waals surface area contributed by atoms with Crippen LogP contribution in [0, 0.1) is 5.92 Å². The van der Waals surface area contributed by atoms with Crippen LogP contribution in [0.3, 0.4) is 0 Å². The fraction of sp³-hybridized carbons (Fsp3) is 0.478. The van der Waals surface area contributed by atoms with Gasteiger partial charge in [0.25, 0.3) is 5.91 Å². The molecular formula is C23H25ClF3N3O4. The monoisotopic (exact) mass is 499 g/mol. The van der Waals surface area contributed by atoms with Crippen LogP contribution in [0.15, 0.2) is 36.4 Å². The molecule has 2 aliphatic rings. The molecule has 1 heterocycles. The summed E-state index contributed by atoms with van der Waals surface area (Å²) in [5.74, 6) is -0.617. The van der Waals surface area contributed by atoms with Crippen LogP contribution in [0.4, 0.5) is 18.9 Å². The van der Waals surface area contributed by atoms with Crippen LogP contribution in [-0.4, -0.2) is 55.1 Å². The van der Waals surface area contributed by atoms with Crippen LogP contribution in [0.1, 0.15) is 25.7 Å². The molecule has 0 aromatic heterocycles. The molecule has 1 aliphatic heterocycles. The second-order valence-corrected chi connectivity index (χ2v) is 9.02. The Bertz CT molecular complexity index is 1040. The third kappa shape index (κ3) is 6.82. The van der Waals surface area contributed by atoms with Crippen molar-refractivity contribution in [3.63, 3.8) is 0 Å². The highest BCUT2D eigenvalue weighted by molar-refractivity contribution is 6.31. The molecule has 184 valence electrons. The van der Waals surface area contributed by atoms with Gasteiger partial charge < -0.3 is 10.1 Å². The molecule has 34 heavy (non-hydrogen) atoms. The molecule has 0 spiro atoms. The molecule has 2 aromatic carbocycles. The van der Waals surface area contributed by atoms with Crippen LogP contribution in [0.25, 0.3) is 10.8 Å². The maximum atomic E-state index is 12.7. The first-order chi connectivity index (χ1) is 16.1. The zero-order valence-electron chi connectivity index (χ0n) is 18.2. The van der Waals surface area contributed by atoms with E-state index in [1.165, 1.54) is 0 Å². The van der Waals surface area contributed by atoms with E-state index in [0.717, 1.165) is 10.8 Å².